The summed E-state index contributed by atoms with van der Waals surface area (Å²) in [5.74, 6) is -0.497. The van der Waals surface area contributed by atoms with Gasteiger partial charge >= 0.3 is 5.97 Å². The maximum atomic E-state index is 10.9. The summed E-state index contributed by atoms with van der Waals surface area (Å²) in [5.41, 5.74) is -1.18. The Labute approximate surface area is 82.5 Å². The van der Waals surface area contributed by atoms with Gasteiger partial charge in [-0.3, -0.25) is 4.98 Å². The molecule has 0 saturated carbocycles. The molecule has 1 heterocycles. The van der Waals surface area contributed by atoms with E-state index in [1.165, 1.54) is 6.20 Å². The van der Waals surface area contributed by atoms with Crippen molar-refractivity contribution in [2.75, 3.05) is 0 Å². The van der Waals surface area contributed by atoms with Crippen molar-refractivity contribution >= 4 is 5.97 Å². The summed E-state index contributed by atoms with van der Waals surface area (Å²) in [6.45, 7) is 3.31. The van der Waals surface area contributed by atoms with Crippen LogP contribution in [0.1, 0.15) is 20.3 Å². The molecule has 0 aliphatic rings. The van der Waals surface area contributed by atoms with Crippen LogP contribution < -0.4 is 4.74 Å². The molecular weight excluding hydrogens is 182 g/mol. The van der Waals surface area contributed by atoms with Gasteiger partial charge in [0, 0.05) is 6.20 Å². The van der Waals surface area contributed by atoms with E-state index in [1.807, 2.05) is 0 Å². The van der Waals surface area contributed by atoms with Gasteiger partial charge in [0.1, 0.15) is 5.75 Å². The second kappa shape index (κ2) is 4.09. The van der Waals surface area contributed by atoms with Crippen LogP contribution in [0.3, 0.4) is 0 Å². The highest BCUT2D eigenvalue weighted by molar-refractivity contribution is 5.77. The third kappa shape index (κ3) is 2.22. The van der Waals surface area contributed by atoms with Gasteiger partial charge in [-0.2, -0.15) is 0 Å². The van der Waals surface area contributed by atoms with Gasteiger partial charge in [-0.1, -0.05) is 6.92 Å². The van der Waals surface area contributed by atoms with E-state index in [9.17, 15) is 4.79 Å². The highest BCUT2D eigenvalue weighted by atomic mass is 16.5. The Hall–Kier alpha value is -1.58. The van der Waals surface area contributed by atoms with Gasteiger partial charge in [0.25, 0.3) is 0 Å². The number of carboxylic acids is 1. The molecule has 1 aromatic rings. The maximum absolute atomic E-state index is 10.9. The average Bonchev–Trinajstić information content (AvgIpc) is 2.19. The molecule has 1 aromatic heterocycles. The van der Waals surface area contributed by atoms with Gasteiger partial charge < -0.3 is 9.84 Å². The normalized spacial score (nSPS) is 14.4. The molecule has 1 rings (SSSR count). The van der Waals surface area contributed by atoms with Gasteiger partial charge in [-0.05, 0) is 25.5 Å². The van der Waals surface area contributed by atoms with Gasteiger partial charge in [-0.15, -0.1) is 0 Å². The van der Waals surface area contributed by atoms with E-state index in [0.29, 0.717) is 12.2 Å². The molecule has 0 fully saturated rings. The number of aliphatic carboxylic acids is 1. The Kier molecular flexibility index (Phi) is 3.06. The molecule has 0 saturated heterocycles. The van der Waals surface area contributed by atoms with Crippen molar-refractivity contribution in [3.63, 3.8) is 0 Å². The van der Waals surface area contributed by atoms with E-state index in [1.54, 1.807) is 32.2 Å². The summed E-state index contributed by atoms with van der Waals surface area (Å²) in [6.07, 6.45) is 3.50. The fourth-order valence-electron chi connectivity index (χ4n) is 0.935. The lowest BCUT2D eigenvalue weighted by molar-refractivity contribution is -0.154. The molecule has 1 atom stereocenters. The molecule has 0 amide bonds. The SMILES string of the molecule is CCC(C)(Oc1cccnc1)C(=O)O. The zero-order chi connectivity index (χ0) is 10.6. The first-order valence-electron chi connectivity index (χ1n) is 4.41. The molecule has 14 heavy (non-hydrogen) atoms. The molecule has 0 aliphatic carbocycles. The highest BCUT2D eigenvalue weighted by Gasteiger charge is 2.33. The maximum Gasteiger partial charge on any atom is 0.347 e. The largest absolute Gasteiger partial charge is 0.478 e. The molecule has 76 valence electrons. The summed E-state index contributed by atoms with van der Waals surface area (Å²) in [7, 11) is 0. The zero-order valence-corrected chi connectivity index (χ0v) is 8.23. The number of pyridine rings is 1. The van der Waals surface area contributed by atoms with E-state index in [2.05, 4.69) is 4.98 Å². The number of hydrogen-bond acceptors (Lipinski definition) is 3. The average molecular weight is 195 g/mol. The molecule has 0 aromatic carbocycles. The quantitative estimate of drug-likeness (QED) is 0.794. The number of ether oxygens (including phenoxy) is 1. The molecule has 0 radical (unpaired) electrons. The van der Waals surface area contributed by atoms with Crippen LogP contribution >= 0.6 is 0 Å². The summed E-state index contributed by atoms with van der Waals surface area (Å²) in [4.78, 5) is 14.8. The van der Waals surface area contributed by atoms with Crippen molar-refractivity contribution in [3.05, 3.63) is 24.5 Å². The second-order valence-corrected chi connectivity index (χ2v) is 3.18. The van der Waals surface area contributed by atoms with E-state index < -0.39 is 11.6 Å². The first kappa shape index (κ1) is 10.5. The lowest BCUT2D eigenvalue weighted by Gasteiger charge is -2.24. The van der Waals surface area contributed by atoms with Gasteiger partial charge in [0.05, 0.1) is 6.20 Å². The predicted molar refractivity (Wildman–Crippen MR) is 51.2 cm³/mol. The lowest BCUT2D eigenvalue weighted by atomic mass is 10.0. The Morgan fingerprint density at radius 1 is 1.71 bits per heavy atom. The molecule has 4 nitrogen and oxygen atoms in total. The monoisotopic (exact) mass is 195 g/mol. The van der Waals surface area contributed by atoms with Crippen molar-refractivity contribution < 1.29 is 14.6 Å². The van der Waals surface area contributed by atoms with E-state index >= 15 is 0 Å². The third-order valence-corrected chi connectivity index (χ3v) is 2.10. The third-order valence-electron chi connectivity index (χ3n) is 2.10. The zero-order valence-electron chi connectivity index (χ0n) is 8.23. The summed E-state index contributed by atoms with van der Waals surface area (Å²) in [5, 5.41) is 8.95. The van der Waals surface area contributed by atoms with Crippen LogP contribution in [0.15, 0.2) is 24.5 Å². The molecule has 4 heteroatoms. The van der Waals surface area contributed by atoms with Gasteiger partial charge in [0.2, 0.25) is 5.60 Å². The van der Waals surface area contributed by atoms with Crippen LogP contribution in [0.25, 0.3) is 0 Å². The summed E-state index contributed by atoms with van der Waals surface area (Å²) < 4.78 is 5.35. The first-order valence-corrected chi connectivity index (χ1v) is 4.41. The topological polar surface area (TPSA) is 59.4 Å². The molecular formula is C10H13NO3. The minimum atomic E-state index is -1.18. The fraction of sp³-hybridized carbons (Fsp3) is 0.400. The minimum Gasteiger partial charge on any atom is -0.478 e. The molecule has 1 N–H and O–H groups in total. The second-order valence-electron chi connectivity index (χ2n) is 3.18. The van der Waals surface area contributed by atoms with Gasteiger partial charge in [0.15, 0.2) is 0 Å². The summed E-state index contributed by atoms with van der Waals surface area (Å²) in [6, 6.07) is 3.39. The predicted octanol–water partition coefficient (Wildman–Crippen LogP) is 1.71. The van der Waals surface area contributed by atoms with Crippen LogP contribution in [0.5, 0.6) is 5.75 Å². The van der Waals surface area contributed by atoms with Crippen molar-refractivity contribution in [1.82, 2.24) is 4.98 Å². The Bertz CT molecular complexity index is 312. The molecule has 0 aliphatic heterocycles. The van der Waals surface area contributed by atoms with Crippen LogP contribution in [0.2, 0.25) is 0 Å². The fourth-order valence-corrected chi connectivity index (χ4v) is 0.935. The smallest absolute Gasteiger partial charge is 0.347 e. The number of rotatable bonds is 4. The van der Waals surface area contributed by atoms with Crippen LogP contribution in [-0.2, 0) is 4.79 Å². The Morgan fingerprint density at radius 3 is 2.86 bits per heavy atom. The Balaban J connectivity index is 2.81. The Morgan fingerprint density at radius 2 is 2.43 bits per heavy atom. The van der Waals surface area contributed by atoms with Crippen LogP contribution in [-0.4, -0.2) is 21.7 Å². The first-order chi connectivity index (χ1) is 6.58. The van der Waals surface area contributed by atoms with E-state index in [-0.39, 0.29) is 0 Å². The molecule has 1 unspecified atom stereocenters. The van der Waals surface area contributed by atoms with Crippen molar-refractivity contribution in [1.29, 1.82) is 0 Å². The number of carboxylic acid groups (broad SMARTS) is 1. The highest BCUT2D eigenvalue weighted by Crippen LogP contribution is 2.20. The molecule has 0 spiro atoms. The number of hydrogen-bond donors (Lipinski definition) is 1. The van der Waals surface area contributed by atoms with E-state index in [0.717, 1.165) is 0 Å². The van der Waals surface area contributed by atoms with Crippen LogP contribution in [0, 0.1) is 0 Å². The summed E-state index contributed by atoms with van der Waals surface area (Å²) >= 11 is 0. The van der Waals surface area contributed by atoms with Crippen molar-refractivity contribution in [2.45, 2.75) is 25.9 Å². The van der Waals surface area contributed by atoms with Crippen molar-refractivity contribution in [3.8, 4) is 5.75 Å². The molecule has 0 bridgehead atoms. The number of carbonyl (C=O) groups is 1. The number of aromatic nitrogens is 1. The number of nitrogens with zero attached hydrogens (tertiary/aromatic N) is 1. The van der Waals surface area contributed by atoms with E-state index in [4.69, 9.17) is 9.84 Å². The van der Waals surface area contributed by atoms with Gasteiger partial charge in [-0.25, -0.2) is 4.79 Å². The standard InChI is InChI=1S/C10H13NO3/c1-3-10(2,9(12)13)14-8-5-4-6-11-7-8/h4-7H,3H2,1-2H3,(H,12,13). The minimum absolute atomic E-state index is 0.400. The van der Waals surface area contributed by atoms with Crippen molar-refractivity contribution in [2.24, 2.45) is 0 Å². The van der Waals surface area contributed by atoms with Crippen LogP contribution in [0.4, 0.5) is 0 Å². The lowest BCUT2D eigenvalue weighted by Crippen LogP contribution is -2.40.